The van der Waals surface area contributed by atoms with Crippen LogP contribution in [0.15, 0.2) is 0 Å². The van der Waals surface area contributed by atoms with Crippen molar-refractivity contribution in [3.8, 4) is 0 Å². The average Bonchev–Trinajstić information content (AvgIpc) is 2.67. The summed E-state index contributed by atoms with van der Waals surface area (Å²) >= 11 is 0. The first-order valence-electron chi connectivity index (χ1n) is 4.88. The maximum Gasteiger partial charge on any atom is 0.146 e. The highest BCUT2D eigenvalue weighted by molar-refractivity contribution is 4.93. The third-order valence-corrected chi connectivity index (χ3v) is 2.76. The van der Waals surface area contributed by atoms with E-state index in [-0.39, 0.29) is 0 Å². The number of alkyl halides is 1. The lowest BCUT2D eigenvalue weighted by molar-refractivity contribution is 0.275. The molecular weight excluding hydrogens is 183 g/mol. The summed E-state index contributed by atoms with van der Waals surface area (Å²) in [5, 5.41) is 8.02. The van der Waals surface area contributed by atoms with Crippen LogP contribution in [0.4, 0.5) is 4.39 Å². The molecule has 1 fully saturated rings. The van der Waals surface area contributed by atoms with Gasteiger partial charge in [0.25, 0.3) is 0 Å². The molecule has 1 aliphatic rings. The topological polar surface area (TPSA) is 34.0 Å². The van der Waals surface area contributed by atoms with Crippen LogP contribution < -0.4 is 0 Å². The van der Waals surface area contributed by atoms with Crippen LogP contribution in [0, 0.1) is 6.92 Å². The first kappa shape index (κ1) is 9.58. The second-order valence-corrected chi connectivity index (χ2v) is 3.84. The highest BCUT2D eigenvalue weighted by Crippen LogP contribution is 2.14. The summed E-state index contributed by atoms with van der Waals surface area (Å²) in [7, 11) is 1.94. The van der Waals surface area contributed by atoms with Crippen molar-refractivity contribution in [3.63, 3.8) is 0 Å². The van der Waals surface area contributed by atoms with Crippen LogP contribution in [0.3, 0.4) is 0 Å². The minimum absolute atomic E-state index is 0.534. The van der Waals surface area contributed by atoms with E-state index in [0.717, 1.165) is 18.2 Å². The molecular formula is C9H15FN4. The minimum Gasteiger partial charge on any atom is -0.317 e. The number of hydrogen-bond donors (Lipinski definition) is 0. The molecule has 78 valence electrons. The molecule has 4 nitrogen and oxygen atoms in total. The van der Waals surface area contributed by atoms with Gasteiger partial charge in [0.15, 0.2) is 0 Å². The van der Waals surface area contributed by atoms with Gasteiger partial charge >= 0.3 is 0 Å². The number of halogens is 1. The zero-order valence-electron chi connectivity index (χ0n) is 8.57. The van der Waals surface area contributed by atoms with Crippen LogP contribution in [0.2, 0.25) is 0 Å². The second-order valence-electron chi connectivity index (χ2n) is 3.84. The predicted octanol–water partition coefficient (Wildman–Crippen LogP) is 0.667. The maximum absolute atomic E-state index is 12.9. The normalized spacial score (nSPS) is 23.2. The van der Waals surface area contributed by atoms with Crippen molar-refractivity contribution >= 4 is 0 Å². The molecule has 0 bridgehead atoms. The fraction of sp³-hybridized carbons (Fsp3) is 0.778. The number of aromatic nitrogens is 3. The zero-order chi connectivity index (χ0) is 10.1. The highest BCUT2D eigenvalue weighted by Gasteiger charge is 2.22. The van der Waals surface area contributed by atoms with Crippen molar-refractivity contribution < 1.29 is 4.39 Å². The summed E-state index contributed by atoms with van der Waals surface area (Å²) in [6.45, 7) is 3.98. The van der Waals surface area contributed by atoms with Crippen LogP contribution in [-0.4, -0.2) is 38.9 Å². The summed E-state index contributed by atoms with van der Waals surface area (Å²) in [4.78, 5) is 2.08. The molecule has 0 saturated carbocycles. The third-order valence-electron chi connectivity index (χ3n) is 2.76. The van der Waals surface area contributed by atoms with Crippen LogP contribution in [0.25, 0.3) is 0 Å². The van der Waals surface area contributed by atoms with E-state index in [0.29, 0.717) is 19.5 Å². The van der Waals surface area contributed by atoms with Gasteiger partial charge in [0.05, 0.1) is 6.54 Å². The van der Waals surface area contributed by atoms with Crippen LogP contribution >= 0.6 is 0 Å². The van der Waals surface area contributed by atoms with E-state index >= 15 is 0 Å². The lowest BCUT2D eigenvalue weighted by atomic mass is 10.3. The lowest BCUT2D eigenvalue weighted by Crippen LogP contribution is -2.22. The minimum atomic E-state index is -0.663. The average molecular weight is 198 g/mol. The molecule has 14 heavy (non-hydrogen) atoms. The van der Waals surface area contributed by atoms with E-state index < -0.39 is 6.17 Å². The molecule has 5 heteroatoms. The number of rotatable bonds is 2. The quantitative estimate of drug-likeness (QED) is 0.700. The summed E-state index contributed by atoms with van der Waals surface area (Å²) in [6.07, 6.45) is -0.0130. The smallest absolute Gasteiger partial charge is 0.146 e. The van der Waals surface area contributed by atoms with Crippen molar-refractivity contribution in [2.24, 2.45) is 7.05 Å². The third kappa shape index (κ3) is 1.77. The van der Waals surface area contributed by atoms with Crippen molar-refractivity contribution in [3.05, 3.63) is 11.6 Å². The van der Waals surface area contributed by atoms with Crippen LogP contribution in [-0.2, 0) is 13.6 Å². The standard InChI is InChI=1S/C9H15FN4/c1-7-11-12-9(13(7)2)6-14-4-3-8(10)5-14/h8H,3-6H2,1-2H3. The molecule has 1 aliphatic heterocycles. The Bertz CT molecular complexity index is 323. The number of nitrogens with zero attached hydrogens (tertiary/aromatic N) is 4. The monoisotopic (exact) mass is 198 g/mol. The molecule has 1 saturated heterocycles. The number of hydrogen-bond acceptors (Lipinski definition) is 3. The van der Waals surface area contributed by atoms with E-state index in [1.54, 1.807) is 0 Å². The van der Waals surface area contributed by atoms with E-state index in [4.69, 9.17) is 0 Å². The van der Waals surface area contributed by atoms with Crippen molar-refractivity contribution in [2.45, 2.75) is 26.1 Å². The van der Waals surface area contributed by atoms with Gasteiger partial charge in [-0.05, 0) is 13.3 Å². The lowest BCUT2D eigenvalue weighted by Gasteiger charge is -2.13. The van der Waals surface area contributed by atoms with E-state index in [1.807, 2.05) is 18.5 Å². The van der Waals surface area contributed by atoms with E-state index in [1.165, 1.54) is 0 Å². The number of likely N-dealkylation sites (tertiary alicyclic amines) is 1. The number of aryl methyl sites for hydroxylation is 1. The fourth-order valence-corrected chi connectivity index (χ4v) is 1.72. The summed E-state index contributed by atoms with van der Waals surface area (Å²) in [5.74, 6) is 1.81. The Morgan fingerprint density at radius 1 is 1.50 bits per heavy atom. The molecule has 0 N–H and O–H groups in total. The van der Waals surface area contributed by atoms with Crippen LogP contribution in [0.1, 0.15) is 18.1 Å². The zero-order valence-corrected chi connectivity index (χ0v) is 8.57. The first-order valence-corrected chi connectivity index (χ1v) is 4.88. The molecule has 0 aromatic carbocycles. The van der Waals surface area contributed by atoms with Crippen molar-refractivity contribution in [1.82, 2.24) is 19.7 Å². The van der Waals surface area contributed by atoms with Gasteiger partial charge in [-0.25, -0.2) is 4.39 Å². The predicted molar refractivity (Wildman–Crippen MR) is 50.5 cm³/mol. The molecule has 1 aromatic rings. The Morgan fingerprint density at radius 3 is 2.79 bits per heavy atom. The summed E-state index contributed by atoms with van der Waals surface area (Å²) < 4.78 is 14.8. The molecule has 1 aromatic heterocycles. The van der Waals surface area contributed by atoms with E-state index in [2.05, 4.69) is 15.1 Å². The van der Waals surface area contributed by atoms with Crippen molar-refractivity contribution in [2.75, 3.05) is 13.1 Å². The first-order chi connectivity index (χ1) is 6.66. The second kappa shape index (κ2) is 3.65. The van der Waals surface area contributed by atoms with Crippen LogP contribution in [0.5, 0.6) is 0 Å². The Morgan fingerprint density at radius 2 is 2.29 bits per heavy atom. The molecule has 1 unspecified atom stereocenters. The molecule has 0 amide bonds. The molecule has 1 atom stereocenters. The van der Waals surface area contributed by atoms with Gasteiger partial charge in [0.1, 0.15) is 17.8 Å². The molecule has 2 rings (SSSR count). The largest absolute Gasteiger partial charge is 0.317 e. The van der Waals surface area contributed by atoms with E-state index in [9.17, 15) is 4.39 Å². The summed E-state index contributed by atoms with van der Waals surface area (Å²) in [5.41, 5.74) is 0. The Hall–Kier alpha value is -0.970. The van der Waals surface area contributed by atoms with Gasteiger partial charge in [0.2, 0.25) is 0 Å². The maximum atomic E-state index is 12.9. The Labute approximate surface area is 82.7 Å². The molecule has 0 spiro atoms. The fourth-order valence-electron chi connectivity index (χ4n) is 1.72. The molecule has 0 radical (unpaired) electrons. The van der Waals surface area contributed by atoms with Gasteiger partial charge in [-0.2, -0.15) is 0 Å². The summed E-state index contributed by atoms with van der Waals surface area (Å²) in [6, 6.07) is 0. The Kier molecular flexibility index (Phi) is 2.50. The molecule has 0 aliphatic carbocycles. The van der Waals surface area contributed by atoms with Crippen molar-refractivity contribution in [1.29, 1.82) is 0 Å². The highest BCUT2D eigenvalue weighted by atomic mass is 19.1. The SMILES string of the molecule is Cc1nnc(CN2CCC(F)C2)n1C. The molecule has 2 heterocycles. The van der Waals surface area contributed by atoms with Gasteiger partial charge < -0.3 is 4.57 Å². The van der Waals surface area contributed by atoms with Gasteiger partial charge in [-0.3, -0.25) is 4.90 Å². The van der Waals surface area contributed by atoms with Gasteiger partial charge in [-0.1, -0.05) is 0 Å². The van der Waals surface area contributed by atoms with Gasteiger partial charge in [-0.15, -0.1) is 10.2 Å². The van der Waals surface area contributed by atoms with Gasteiger partial charge in [0, 0.05) is 20.1 Å². The Balaban J connectivity index is 2.01.